The highest BCUT2D eigenvalue weighted by Gasteiger charge is 2.18. The van der Waals surface area contributed by atoms with Crippen LogP contribution in [0.1, 0.15) is 23.7 Å². The monoisotopic (exact) mass is 246 g/mol. The van der Waals surface area contributed by atoms with E-state index in [0.717, 1.165) is 6.07 Å². The molecule has 3 nitrogen and oxygen atoms in total. The van der Waals surface area contributed by atoms with Gasteiger partial charge in [0.25, 0.3) is 0 Å². The lowest BCUT2D eigenvalue weighted by Crippen LogP contribution is -2.19. The first kappa shape index (κ1) is 13.4. The molecule has 0 aliphatic heterocycles. The number of aliphatic hydroxyl groups excluding tert-OH is 3. The van der Waals surface area contributed by atoms with Crippen LogP contribution >= 0.6 is 12.6 Å². The maximum atomic E-state index is 13.1. The Kier molecular flexibility index (Phi) is 5.21. The molecule has 0 amide bonds. The predicted molar refractivity (Wildman–Crippen MR) is 61.8 cm³/mol. The number of benzene rings is 1. The minimum Gasteiger partial charge on any atom is -0.392 e. The van der Waals surface area contributed by atoms with Crippen molar-refractivity contribution in [1.82, 2.24) is 0 Å². The van der Waals surface area contributed by atoms with Gasteiger partial charge in [0.15, 0.2) is 0 Å². The molecule has 0 aromatic heterocycles. The second kappa shape index (κ2) is 6.20. The summed E-state index contributed by atoms with van der Waals surface area (Å²) < 4.78 is 13.1. The molecule has 0 spiro atoms. The normalized spacial score (nSPS) is 14.8. The van der Waals surface area contributed by atoms with E-state index in [1.165, 1.54) is 12.1 Å². The van der Waals surface area contributed by atoms with Gasteiger partial charge >= 0.3 is 0 Å². The predicted octanol–water partition coefficient (Wildman–Crippen LogP) is 1.03. The quantitative estimate of drug-likeness (QED) is 0.587. The first-order valence-electron chi connectivity index (χ1n) is 4.95. The molecule has 0 heterocycles. The standard InChI is InChI=1S/C11H15FO3S/c12-9-4-7(6-13)3-8(5-9)11(15)10(14)1-2-16/h3-5,10-11,13-16H,1-2,6H2. The van der Waals surface area contributed by atoms with Gasteiger partial charge in [-0.1, -0.05) is 6.07 Å². The number of halogens is 1. The highest BCUT2D eigenvalue weighted by molar-refractivity contribution is 7.80. The lowest BCUT2D eigenvalue weighted by atomic mass is 10.0. The minimum atomic E-state index is -1.16. The number of thiol groups is 1. The number of aliphatic hydroxyl groups is 3. The van der Waals surface area contributed by atoms with E-state index < -0.39 is 18.0 Å². The van der Waals surface area contributed by atoms with Crippen LogP contribution in [0, 0.1) is 5.82 Å². The van der Waals surface area contributed by atoms with E-state index in [0.29, 0.717) is 17.7 Å². The molecule has 0 radical (unpaired) electrons. The van der Waals surface area contributed by atoms with Gasteiger partial charge in [-0.3, -0.25) is 0 Å². The van der Waals surface area contributed by atoms with Crippen LogP contribution in [-0.2, 0) is 6.61 Å². The summed E-state index contributed by atoms with van der Waals surface area (Å²) in [6, 6.07) is 3.79. The lowest BCUT2D eigenvalue weighted by molar-refractivity contribution is 0.0170. The Morgan fingerprint density at radius 2 is 1.94 bits per heavy atom. The van der Waals surface area contributed by atoms with Crippen LogP contribution in [0.3, 0.4) is 0 Å². The molecule has 0 bridgehead atoms. The third-order valence-corrected chi connectivity index (χ3v) is 2.55. The number of hydrogen-bond donors (Lipinski definition) is 4. The Hall–Kier alpha value is -0.620. The highest BCUT2D eigenvalue weighted by Crippen LogP contribution is 2.21. The van der Waals surface area contributed by atoms with Gasteiger partial charge in [-0.25, -0.2) is 4.39 Å². The Labute approximate surface area is 99.0 Å². The van der Waals surface area contributed by atoms with Gasteiger partial charge in [0.1, 0.15) is 11.9 Å². The summed E-state index contributed by atoms with van der Waals surface area (Å²) in [5.41, 5.74) is 0.630. The molecule has 0 aliphatic carbocycles. The Morgan fingerprint density at radius 1 is 1.25 bits per heavy atom. The molecule has 0 fully saturated rings. The number of hydrogen-bond acceptors (Lipinski definition) is 4. The Bertz CT molecular complexity index is 346. The van der Waals surface area contributed by atoms with Crippen LogP contribution < -0.4 is 0 Å². The average Bonchev–Trinajstić information content (AvgIpc) is 2.27. The fraction of sp³-hybridized carbons (Fsp3) is 0.455. The van der Waals surface area contributed by atoms with Crippen molar-refractivity contribution >= 4 is 12.6 Å². The van der Waals surface area contributed by atoms with Crippen molar-refractivity contribution in [1.29, 1.82) is 0 Å². The molecule has 0 saturated carbocycles. The van der Waals surface area contributed by atoms with Gasteiger partial charge in [0, 0.05) is 0 Å². The van der Waals surface area contributed by atoms with E-state index in [4.69, 9.17) is 5.11 Å². The average molecular weight is 246 g/mol. The van der Waals surface area contributed by atoms with Crippen LogP contribution in [0.5, 0.6) is 0 Å². The van der Waals surface area contributed by atoms with Crippen LogP contribution in [0.25, 0.3) is 0 Å². The maximum absolute atomic E-state index is 13.1. The zero-order chi connectivity index (χ0) is 12.1. The third kappa shape index (κ3) is 3.45. The molecule has 0 saturated heterocycles. The van der Waals surface area contributed by atoms with Gasteiger partial charge in [-0.2, -0.15) is 12.6 Å². The summed E-state index contributed by atoms with van der Waals surface area (Å²) in [6.07, 6.45) is -1.83. The summed E-state index contributed by atoms with van der Waals surface area (Å²) in [5.74, 6) is -0.112. The molecular weight excluding hydrogens is 231 g/mol. The lowest BCUT2D eigenvalue weighted by Gasteiger charge is -2.18. The summed E-state index contributed by atoms with van der Waals surface area (Å²) in [4.78, 5) is 0. The third-order valence-electron chi connectivity index (χ3n) is 2.29. The summed E-state index contributed by atoms with van der Waals surface area (Å²) in [7, 11) is 0. The van der Waals surface area contributed by atoms with Crippen LogP contribution in [0.15, 0.2) is 18.2 Å². The van der Waals surface area contributed by atoms with Crippen molar-refractivity contribution in [3.63, 3.8) is 0 Å². The van der Waals surface area contributed by atoms with Crippen molar-refractivity contribution < 1.29 is 19.7 Å². The molecule has 90 valence electrons. The fourth-order valence-electron chi connectivity index (χ4n) is 1.45. The van der Waals surface area contributed by atoms with Gasteiger partial charge in [-0.15, -0.1) is 0 Å². The smallest absolute Gasteiger partial charge is 0.123 e. The highest BCUT2D eigenvalue weighted by atomic mass is 32.1. The van der Waals surface area contributed by atoms with Crippen molar-refractivity contribution in [2.24, 2.45) is 0 Å². The van der Waals surface area contributed by atoms with Gasteiger partial charge in [0.2, 0.25) is 0 Å². The van der Waals surface area contributed by atoms with E-state index in [1.807, 2.05) is 0 Å². The van der Waals surface area contributed by atoms with Crippen LogP contribution in [-0.4, -0.2) is 27.2 Å². The van der Waals surface area contributed by atoms with Gasteiger partial charge in [-0.05, 0) is 35.4 Å². The van der Waals surface area contributed by atoms with E-state index in [-0.39, 0.29) is 12.2 Å². The molecule has 16 heavy (non-hydrogen) atoms. The summed E-state index contributed by atoms with van der Waals surface area (Å²) in [5, 5.41) is 28.2. The second-order valence-electron chi connectivity index (χ2n) is 3.58. The molecule has 1 rings (SSSR count). The maximum Gasteiger partial charge on any atom is 0.123 e. The molecule has 0 aliphatic rings. The Balaban J connectivity index is 2.89. The Morgan fingerprint density at radius 3 is 2.50 bits per heavy atom. The van der Waals surface area contributed by atoms with Crippen LogP contribution in [0.2, 0.25) is 0 Å². The van der Waals surface area contributed by atoms with Crippen molar-refractivity contribution in [3.05, 3.63) is 35.1 Å². The largest absolute Gasteiger partial charge is 0.392 e. The van der Waals surface area contributed by atoms with E-state index in [1.54, 1.807) is 0 Å². The van der Waals surface area contributed by atoms with Crippen molar-refractivity contribution in [2.75, 3.05) is 5.75 Å². The van der Waals surface area contributed by atoms with Gasteiger partial charge < -0.3 is 15.3 Å². The summed E-state index contributed by atoms with van der Waals surface area (Å²) in [6.45, 7) is -0.305. The second-order valence-corrected chi connectivity index (χ2v) is 4.02. The first-order chi connectivity index (χ1) is 7.58. The van der Waals surface area contributed by atoms with Crippen molar-refractivity contribution in [2.45, 2.75) is 25.2 Å². The molecule has 1 aromatic carbocycles. The van der Waals surface area contributed by atoms with Crippen molar-refractivity contribution in [3.8, 4) is 0 Å². The molecule has 2 atom stereocenters. The molecule has 1 aromatic rings. The molecule has 5 heteroatoms. The molecule has 2 unspecified atom stereocenters. The van der Waals surface area contributed by atoms with Crippen LogP contribution in [0.4, 0.5) is 4.39 Å². The molecular formula is C11H15FO3S. The molecule has 3 N–H and O–H groups in total. The SMILES string of the molecule is OCc1cc(F)cc(C(O)C(O)CCS)c1. The van der Waals surface area contributed by atoms with Gasteiger partial charge in [0.05, 0.1) is 12.7 Å². The topological polar surface area (TPSA) is 60.7 Å². The minimum absolute atomic E-state index is 0.262. The first-order valence-corrected chi connectivity index (χ1v) is 5.59. The summed E-state index contributed by atoms with van der Waals surface area (Å²) >= 11 is 3.94. The zero-order valence-electron chi connectivity index (χ0n) is 8.67. The zero-order valence-corrected chi connectivity index (χ0v) is 9.57. The fourth-order valence-corrected chi connectivity index (χ4v) is 1.71. The van der Waals surface area contributed by atoms with E-state index in [2.05, 4.69) is 12.6 Å². The van der Waals surface area contributed by atoms with E-state index in [9.17, 15) is 14.6 Å². The number of rotatable bonds is 5. The van der Waals surface area contributed by atoms with E-state index >= 15 is 0 Å².